The maximum atomic E-state index is 13.2. The highest BCUT2D eigenvalue weighted by atomic mass is 32.2. The van der Waals surface area contributed by atoms with E-state index >= 15 is 0 Å². The lowest BCUT2D eigenvalue weighted by Crippen LogP contribution is -2.30. The van der Waals surface area contributed by atoms with Crippen LogP contribution in [0.4, 0.5) is 15.8 Å². The van der Waals surface area contributed by atoms with Crippen LogP contribution in [0.15, 0.2) is 47.4 Å². The molecule has 1 heterocycles. The van der Waals surface area contributed by atoms with Gasteiger partial charge < -0.3 is 4.90 Å². The third kappa shape index (κ3) is 3.11. The standard InChI is InChI=1S/C18H17FN2O3S/c19-14-2-1-3-15(11-14)20-25(23,24)16-6-7-17-13(10-16)8-9-21(17)18(22)12-4-5-12/h1-3,6-7,10-12,20H,4-5,8-9H2. The molecular formula is C18H17FN2O3S. The fourth-order valence-electron chi connectivity index (χ4n) is 3.09. The van der Waals surface area contributed by atoms with E-state index in [0.717, 1.165) is 30.2 Å². The second-order valence-electron chi connectivity index (χ2n) is 6.42. The average Bonchev–Trinajstić information content (AvgIpc) is 3.33. The molecule has 1 fully saturated rings. The number of amides is 1. The Morgan fingerprint density at radius 1 is 1.16 bits per heavy atom. The Labute approximate surface area is 145 Å². The summed E-state index contributed by atoms with van der Waals surface area (Å²) >= 11 is 0. The summed E-state index contributed by atoms with van der Waals surface area (Å²) in [6, 6.07) is 10.1. The summed E-state index contributed by atoms with van der Waals surface area (Å²) in [6.45, 7) is 0.589. The molecule has 2 aromatic carbocycles. The molecule has 1 aliphatic carbocycles. The van der Waals surface area contributed by atoms with Gasteiger partial charge in [0.05, 0.1) is 10.6 Å². The van der Waals surface area contributed by atoms with Crippen LogP contribution in [0, 0.1) is 11.7 Å². The van der Waals surface area contributed by atoms with Crippen molar-refractivity contribution < 1.29 is 17.6 Å². The first-order valence-electron chi connectivity index (χ1n) is 8.17. The lowest BCUT2D eigenvalue weighted by Gasteiger charge is -2.17. The molecule has 5 nitrogen and oxygen atoms in total. The maximum absolute atomic E-state index is 13.2. The van der Waals surface area contributed by atoms with Gasteiger partial charge in [-0.15, -0.1) is 0 Å². The number of benzene rings is 2. The van der Waals surface area contributed by atoms with Gasteiger partial charge in [0, 0.05) is 18.2 Å². The topological polar surface area (TPSA) is 66.5 Å². The van der Waals surface area contributed by atoms with Crippen molar-refractivity contribution in [2.24, 2.45) is 5.92 Å². The van der Waals surface area contributed by atoms with Gasteiger partial charge in [-0.2, -0.15) is 0 Å². The number of anilines is 2. The van der Waals surface area contributed by atoms with Crippen molar-refractivity contribution in [3.63, 3.8) is 0 Å². The number of sulfonamides is 1. The summed E-state index contributed by atoms with van der Waals surface area (Å²) in [7, 11) is -3.81. The lowest BCUT2D eigenvalue weighted by molar-refractivity contribution is -0.119. The number of hydrogen-bond donors (Lipinski definition) is 1. The minimum Gasteiger partial charge on any atom is -0.312 e. The summed E-state index contributed by atoms with van der Waals surface area (Å²) in [5, 5.41) is 0. The molecule has 0 unspecified atom stereocenters. The predicted octanol–water partition coefficient (Wildman–Crippen LogP) is 2.93. The van der Waals surface area contributed by atoms with Crippen molar-refractivity contribution in [3.05, 3.63) is 53.8 Å². The van der Waals surface area contributed by atoms with Crippen LogP contribution < -0.4 is 9.62 Å². The predicted molar refractivity (Wildman–Crippen MR) is 92.4 cm³/mol. The largest absolute Gasteiger partial charge is 0.312 e. The highest BCUT2D eigenvalue weighted by molar-refractivity contribution is 7.92. The Kier molecular flexibility index (Phi) is 3.76. The van der Waals surface area contributed by atoms with Gasteiger partial charge in [-0.3, -0.25) is 9.52 Å². The van der Waals surface area contributed by atoms with E-state index in [4.69, 9.17) is 0 Å². The van der Waals surface area contributed by atoms with Crippen LogP contribution in [-0.4, -0.2) is 20.9 Å². The van der Waals surface area contributed by atoms with Crippen molar-refractivity contribution in [2.45, 2.75) is 24.2 Å². The summed E-state index contributed by atoms with van der Waals surface area (Å²) in [5.74, 6) is -0.250. The number of hydrogen-bond acceptors (Lipinski definition) is 3. The van der Waals surface area contributed by atoms with Gasteiger partial charge in [0.2, 0.25) is 5.91 Å². The molecule has 0 atom stereocenters. The third-order valence-corrected chi connectivity index (χ3v) is 5.91. The molecule has 1 saturated carbocycles. The molecule has 0 aromatic heterocycles. The van der Waals surface area contributed by atoms with Crippen molar-refractivity contribution in [2.75, 3.05) is 16.2 Å². The molecule has 0 bridgehead atoms. The Morgan fingerprint density at radius 2 is 1.96 bits per heavy atom. The summed E-state index contributed by atoms with van der Waals surface area (Å²) in [4.78, 5) is 14.1. The quantitative estimate of drug-likeness (QED) is 0.912. The molecular weight excluding hydrogens is 343 g/mol. The van der Waals surface area contributed by atoms with Crippen LogP contribution in [-0.2, 0) is 21.2 Å². The van der Waals surface area contributed by atoms with Gasteiger partial charge >= 0.3 is 0 Å². The molecule has 4 rings (SSSR count). The molecule has 2 aromatic rings. The zero-order valence-electron chi connectivity index (χ0n) is 13.4. The van der Waals surface area contributed by atoms with Crippen LogP contribution in [0.2, 0.25) is 0 Å². The monoisotopic (exact) mass is 360 g/mol. The first-order chi connectivity index (χ1) is 11.9. The summed E-state index contributed by atoms with van der Waals surface area (Å²) < 4.78 is 40.7. The third-order valence-electron chi connectivity index (χ3n) is 4.53. The lowest BCUT2D eigenvalue weighted by atomic mass is 10.2. The smallest absolute Gasteiger partial charge is 0.261 e. The fraction of sp³-hybridized carbons (Fsp3) is 0.278. The highest BCUT2D eigenvalue weighted by Gasteiger charge is 2.36. The van der Waals surface area contributed by atoms with E-state index in [1.54, 1.807) is 17.0 Å². The fourth-order valence-corrected chi connectivity index (χ4v) is 4.19. The van der Waals surface area contributed by atoms with Crippen LogP contribution in [0.3, 0.4) is 0 Å². The minimum absolute atomic E-state index is 0.108. The van der Waals surface area contributed by atoms with Gasteiger partial charge in [-0.25, -0.2) is 12.8 Å². The first-order valence-corrected chi connectivity index (χ1v) is 9.65. The van der Waals surface area contributed by atoms with E-state index in [1.165, 1.54) is 24.3 Å². The summed E-state index contributed by atoms with van der Waals surface area (Å²) in [6.07, 6.45) is 2.51. The van der Waals surface area contributed by atoms with Gasteiger partial charge in [0.25, 0.3) is 10.0 Å². The molecule has 0 saturated heterocycles. The maximum Gasteiger partial charge on any atom is 0.261 e. The Balaban J connectivity index is 1.60. The second kappa shape index (κ2) is 5.84. The van der Waals surface area contributed by atoms with E-state index in [0.29, 0.717) is 13.0 Å². The van der Waals surface area contributed by atoms with Gasteiger partial charge in [0.1, 0.15) is 5.82 Å². The molecule has 7 heteroatoms. The first kappa shape index (κ1) is 16.1. The second-order valence-corrected chi connectivity index (χ2v) is 8.10. The Hall–Kier alpha value is -2.41. The number of nitrogens with zero attached hydrogens (tertiary/aromatic N) is 1. The average molecular weight is 360 g/mol. The van der Waals surface area contributed by atoms with Gasteiger partial charge in [-0.1, -0.05) is 6.07 Å². The molecule has 130 valence electrons. The molecule has 25 heavy (non-hydrogen) atoms. The molecule has 2 aliphatic rings. The number of fused-ring (bicyclic) bond motifs is 1. The molecule has 1 aliphatic heterocycles. The number of halogens is 1. The van der Waals surface area contributed by atoms with E-state index in [-0.39, 0.29) is 22.4 Å². The van der Waals surface area contributed by atoms with Gasteiger partial charge in [-0.05, 0) is 61.2 Å². The zero-order valence-corrected chi connectivity index (χ0v) is 14.2. The number of nitrogens with one attached hydrogen (secondary N) is 1. The van der Waals surface area contributed by atoms with Crippen molar-refractivity contribution in [3.8, 4) is 0 Å². The normalized spacial score (nSPS) is 16.6. The zero-order chi connectivity index (χ0) is 17.6. The SMILES string of the molecule is O=C(C1CC1)N1CCc2cc(S(=O)(=O)Nc3cccc(F)c3)ccc21. The number of carbonyl (C=O) groups is 1. The van der Waals surface area contributed by atoms with E-state index in [9.17, 15) is 17.6 Å². The van der Waals surface area contributed by atoms with E-state index < -0.39 is 15.8 Å². The van der Waals surface area contributed by atoms with Crippen molar-refractivity contribution in [1.82, 2.24) is 0 Å². The number of rotatable bonds is 4. The van der Waals surface area contributed by atoms with Gasteiger partial charge in [0.15, 0.2) is 0 Å². The minimum atomic E-state index is -3.81. The summed E-state index contributed by atoms with van der Waals surface area (Å²) in [5.41, 5.74) is 1.81. The number of carbonyl (C=O) groups excluding carboxylic acids is 1. The van der Waals surface area contributed by atoms with Crippen LogP contribution >= 0.6 is 0 Å². The Bertz CT molecular complexity index is 955. The van der Waals surface area contributed by atoms with Crippen LogP contribution in [0.5, 0.6) is 0 Å². The van der Waals surface area contributed by atoms with Crippen molar-refractivity contribution in [1.29, 1.82) is 0 Å². The van der Waals surface area contributed by atoms with E-state index in [1.807, 2.05) is 0 Å². The highest BCUT2D eigenvalue weighted by Crippen LogP contribution is 2.37. The molecule has 0 radical (unpaired) electrons. The van der Waals surface area contributed by atoms with Crippen LogP contribution in [0.1, 0.15) is 18.4 Å². The Morgan fingerprint density at radius 3 is 2.68 bits per heavy atom. The molecule has 1 amide bonds. The van der Waals surface area contributed by atoms with E-state index in [2.05, 4.69) is 4.72 Å². The molecule has 0 spiro atoms. The molecule has 1 N–H and O–H groups in total. The van der Waals surface area contributed by atoms with Crippen LogP contribution in [0.25, 0.3) is 0 Å². The van der Waals surface area contributed by atoms with Crippen molar-refractivity contribution >= 4 is 27.3 Å².